The maximum absolute atomic E-state index is 11.4. The van der Waals surface area contributed by atoms with Crippen LogP contribution in [0.5, 0.6) is 0 Å². The van der Waals surface area contributed by atoms with Crippen molar-refractivity contribution in [1.82, 2.24) is 0 Å². The van der Waals surface area contributed by atoms with Crippen molar-refractivity contribution < 1.29 is 13.2 Å². The molecule has 0 aliphatic rings. The number of hydrogen-bond acceptors (Lipinski definition) is 0. The zero-order valence-corrected chi connectivity index (χ0v) is 6.19. The number of halogens is 6. The largest absolute Gasteiger partial charge is 0.407 e. The van der Waals surface area contributed by atoms with Crippen LogP contribution >= 0.6 is 34.8 Å². The smallest absolute Gasteiger partial charge is 0.169 e. The van der Waals surface area contributed by atoms with Crippen molar-refractivity contribution >= 4 is 34.8 Å². The lowest BCUT2D eigenvalue weighted by Crippen LogP contribution is -2.28. The first-order valence-corrected chi connectivity index (χ1v) is 3.15. The average molecular weight is 201 g/mol. The highest BCUT2D eigenvalue weighted by molar-refractivity contribution is 6.48. The van der Waals surface area contributed by atoms with Gasteiger partial charge >= 0.3 is 6.18 Å². The van der Waals surface area contributed by atoms with Crippen LogP contribution in [0.1, 0.15) is 0 Å². The van der Waals surface area contributed by atoms with Gasteiger partial charge in [-0.25, -0.2) is 0 Å². The van der Waals surface area contributed by atoms with Crippen molar-refractivity contribution in [2.24, 2.45) is 0 Å². The van der Waals surface area contributed by atoms with Gasteiger partial charge in [0.25, 0.3) is 0 Å². The second-order valence-electron chi connectivity index (χ2n) is 1.28. The Morgan fingerprint density at radius 2 is 1.33 bits per heavy atom. The Balaban J connectivity index is 3.88. The Labute approximate surface area is 64.9 Å². The fraction of sp³-hybridized carbons (Fsp3) is 1.00. The lowest BCUT2D eigenvalue weighted by molar-refractivity contribution is -0.127. The van der Waals surface area contributed by atoms with Crippen molar-refractivity contribution in [3.63, 3.8) is 0 Å². The van der Waals surface area contributed by atoms with Gasteiger partial charge in [-0.1, -0.05) is 0 Å². The van der Waals surface area contributed by atoms with Gasteiger partial charge in [-0.2, -0.15) is 13.2 Å². The summed E-state index contributed by atoms with van der Waals surface area (Å²) in [6, 6.07) is 0. The first kappa shape index (κ1) is 9.66. The number of hydrogen-bond donors (Lipinski definition) is 0. The molecule has 0 unspecified atom stereocenters. The second kappa shape index (κ2) is 3.17. The van der Waals surface area contributed by atoms with Crippen molar-refractivity contribution in [2.75, 3.05) is 0 Å². The summed E-state index contributed by atoms with van der Waals surface area (Å²) in [6.45, 7) is 0. The van der Waals surface area contributed by atoms with Crippen molar-refractivity contribution in [2.45, 2.75) is 16.4 Å². The topological polar surface area (TPSA) is 0 Å². The van der Waals surface area contributed by atoms with Crippen LogP contribution in [0.4, 0.5) is 13.2 Å². The Bertz CT molecular complexity index is 88.8. The normalized spacial score (nSPS) is 16.3. The predicted octanol–water partition coefficient (Wildman–Crippen LogP) is 2.96. The van der Waals surface area contributed by atoms with E-state index in [0.717, 1.165) is 0 Å². The summed E-state index contributed by atoms with van der Waals surface area (Å²) in [5.74, 6) is 0. The molecule has 0 heterocycles. The molecule has 0 bridgehead atoms. The molecule has 0 amide bonds. The molecule has 0 spiro atoms. The van der Waals surface area contributed by atoms with E-state index >= 15 is 0 Å². The van der Waals surface area contributed by atoms with Crippen LogP contribution < -0.4 is 0 Å². The monoisotopic (exact) mass is 200 g/mol. The molecule has 6 heteroatoms. The maximum Gasteiger partial charge on any atom is 0.407 e. The van der Waals surface area contributed by atoms with E-state index in [1.165, 1.54) is 0 Å². The van der Waals surface area contributed by atoms with Gasteiger partial charge in [-0.15, -0.1) is 34.8 Å². The van der Waals surface area contributed by atoms with Crippen LogP contribution in [0.25, 0.3) is 0 Å². The van der Waals surface area contributed by atoms with E-state index < -0.39 is 16.4 Å². The molecular weight excluding hydrogens is 199 g/mol. The molecule has 0 saturated heterocycles. The molecule has 0 rings (SSSR count). The molecule has 0 nitrogen and oxygen atoms in total. The van der Waals surface area contributed by atoms with E-state index in [2.05, 4.69) is 0 Å². The third kappa shape index (κ3) is 3.38. The zero-order valence-electron chi connectivity index (χ0n) is 3.92. The first-order valence-electron chi connectivity index (χ1n) is 1.84. The second-order valence-corrected chi connectivity index (χ2v) is 2.91. The van der Waals surface area contributed by atoms with Gasteiger partial charge in [0.2, 0.25) is 0 Å². The van der Waals surface area contributed by atoms with Crippen molar-refractivity contribution in [3.8, 4) is 0 Å². The van der Waals surface area contributed by atoms with Crippen LogP contribution in [-0.4, -0.2) is 16.4 Å². The van der Waals surface area contributed by atoms with Gasteiger partial charge in [0.05, 0.1) is 0 Å². The van der Waals surface area contributed by atoms with Gasteiger partial charge in [0.15, 0.2) is 5.38 Å². The summed E-state index contributed by atoms with van der Waals surface area (Å²) in [6.07, 6.45) is -4.52. The number of alkyl halides is 6. The van der Waals surface area contributed by atoms with Crippen LogP contribution in [0.15, 0.2) is 0 Å². The quantitative estimate of drug-likeness (QED) is 0.572. The van der Waals surface area contributed by atoms with Crippen molar-refractivity contribution in [3.05, 3.63) is 0 Å². The summed E-state index contributed by atoms with van der Waals surface area (Å²) in [7, 11) is 0. The summed E-state index contributed by atoms with van der Waals surface area (Å²) < 4.78 is 34.2. The molecule has 9 heavy (non-hydrogen) atoms. The van der Waals surface area contributed by atoms with Crippen LogP contribution in [0.2, 0.25) is 0 Å². The average Bonchev–Trinajstić information content (AvgIpc) is 1.62. The van der Waals surface area contributed by atoms with Crippen molar-refractivity contribution in [1.29, 1.82) is 0 Å². The van der Waals surface area contributed by atoms with Gasteiger partial charge in [-0.3, -0.25) is 0 Å². The minimum absolute atomic E-state index is 1.60. The third-order valence-electron chi connectivity index (χ3n) is 0.534. The molecule has 0 aromatic heterocycles. The molecule has 0 saturated carbocycles. The number of rotatable bonds is 1. The Kier molecular flexibility index (Phi) is 3.40. The summed E-state index contributed by atoms with van der Waals surface area (Å²) in [4.78, 5) is -1.60. The highest BCUT2D eigenvalue weighted by Gasteiger charge is 2.42. The Morgan fingerprint density at radius 1 is 1.00 bits per heavy atom. The van der Waals surface area contributed by atoms with Gasteiger partial charge < -0.3 is 0 Å². The summed E-state index contributed by atoms with van der Waals surface area (Å²) in [5.41, 5.74) is 0. The fourth-order valence-electron chi connectivity index (χ4n) is 0.143. The SMILES string of the molecule is FC(F)(F)[C@H](Cl)C(Cl)Cl. The Hall–Kier alpha value is 0.660. The summed E-state index contributed by atoms with van der Waals surface area (Å²) in [5, 5.41) is -2.18. The van der Waals surface area contributed by atoms with E-state index in [1.54, 1.807) is 0 Å². The Morgan fingerprint density at radius 3 is 1.33 bits per heavy atom. The molecule has 56 valence electrons. The van der Waals surface area contributed by atoms with Crippen LogP contribution in [-0.2, 0) is 0 Å². The molecular formula is C3H2Cl3F3. The highest BCUT2D eigenvalue weighted by Crippen LogP contribution is 2.31. The van der Waals surface area contributed by atoms with E-state index in [1.807, 2.05) is 0 Å². The van der Waals surface area contributed by atoms with Gasteiger partial charge in [0.1, 0.15) is 4.84 Å². The van der Waals surface area contributed by atoms with Crippen LogP contribution in [0.3, 0.4) is 0 Å². The fourth-order valence-corrected chi connectivity index (χ4v) is 0.429. The summed E-state index contributed by atoms with van der Waals surface area (Å²) >= 11 is 14.4. The molecule has 0 aromatic carbocycles. The van der Waals surface area contributed by atoms with E-state index in [0.29, 0.717) is 0 Å². The molecule has 0 radical (unpaired) electrons. The predicted molar refractivity (Wildman–Crippen MR) is 31.2 cm³/mol. The van der Waals surface area contributed by atoms with Gasteiger partial charge in [0, 0.05) is 0 Å². The minimum atomic E-state index is -4.52. The lowest BCUT2D eigenvalue weighted by Gasteiger charge is -2.12. The molecule has 0 N–H and O–H groups in total. The van der Waals surface area contributed by atoms with Crippen LogP contribution in [0, 0.1) is 0 Å². The van der Waals surface area contributed by atoms with E-state index in [9.17, 15) is 13.2 Å². The standard InChI is InChI=1S/C3H2Cl3F3/c4-1(2(5)6)3(7,8)9/h1-2H/t1-/m1/s1. The molecule has 0 aliphatic carbocycles. The van der Waals surface area contributed by atoms with E-state index in [4.69, 9.17) is 34.8 Å². The molecule has 0 fully saturated rings. The minimum Gasteiger partial charge on any atom is -0.169 e. The van der Waals surface area contributed by atoms with Gasteiger partial charge in [-0.05, 0) is 0 Å². The zero-order chi connectivity index (χ0) is 7.65. The molecule has 1 atom stereocenters. The maximum atomic E-state index is 11.4. The molecule has 0 aromatic rings. The highest BCUT2D eigenvalue weighted by atomic mass is 35.5. The lowest BCUT2D eigenvalue weighted by atomic mass is 10.5. The first-order chi connectivity index (χ1) is 3.85. The van der Waals surface area contributed by atoms with E-state index in [-0.39, 0.29) is 0 Å². The third-order valence-corrected chi connectivity index (χ3v) is 1.80. The molecule has 0 aliphatic heterocycles.